The van der Waals surface area contributed by atoms with Gasteiger partial charge in [-0.3, -0.25) is 15.4 Å². The fourth-order valence-corrected chi connectivity index (χ4v) is 5.01. The highest BCUT2D eigenvalue weighted by molar-refractivity contribution is 7.93. The van der Waals surface area contributed by atoms with Crippen molar-refractivity contribution in [2.24, 2.45) is 0 Å². The van der Waals surface area contributed by atoms with Crippen LogP contribution in [0.4, 0.5) is 15.3 Å². The molecule has 0 aliphatic heterocycles. The molecule has 1 aliphatic carbocycles. The van der Waals surface area contributed by atoms with Crippen molar-refractivity contribution in [3.8, 4) is 0 Å². The van der Waals surface area contributed by atoms with E-state index in [1.807, 2.05) is 19.9 Å². The number of amides is 3. The zero-order chi connectivity index (χ0) is 29.7. The van der Waals surface area contributed by atoms with E-state index in [-0.39, 0.29) is 38.3 Å². The van der Waals surface area contributed by atoms with E-state index in [0.717, 1.165) is 16.5 Å². The first-order chi connectivity index (χ1) is 18.9. The molecule has 3 amide bonds. The lowest BCUT2D eigenvalue weighted by Crippen LogP contribution is -2.48. The summed E-state index contributed by atoms with van der Waals surface area (Å²) in [4.78, 5) is 36.9. The van der Waals surface area contributed by atoms with Crippen molar-refractivity contribution in [2.45, 2.75) is 38.8 Å². The normalized spacial score (nSPS) is 13.7. The minimum atomic E-state index is -4.13. The summed E-state index contributed by atoms with van der Waals surface area (Å²) in [5, 5.41) is 16.7. The highest BCUT2D eigenvalue weighted by Crippen LogP contribution is 2.22. The van der Waals surface area contributed by atoms with Gasteiger partial charge in [-0.2, -0.15) is 12.7 Å². The van der Waals surface area contributed by atoms with Crippen LogP contribution in [0.2, 0.25) is 0 Å². The average molecular weight is 579 g/mol. The summed E-state index contributed by atoms with van der Waals surface area (Å²) in [5.41, 5.74) is 0.0264. The number of nitrogens with one attached hydrogen (secondary N) is 2. The first-order valence-corrected chi connectivity index (χ1v) is 14.1. The van der Waals surface area contributed by atoms with Crippen LogP contribution in [0.25, 0.3) is 0 Å². The Morgan fingerprint density at radius 3 is 2.45 bits per heavy atom. The van der Waals surface area contributed by atoms with Crippen LogP contribution in [0.3, 0.4) is 0 Å². The van der Waals surface area contributed by atoms with Crippen molar-refractivity contribution < 1.29 is 32.4 Å². The number of nitro groups is 1. The summed E-state index contributed by atoms with van der Waals surface area (Å²) in [6, 6.07) is 8.24. The van der Waals surface area contributed by atoms with Crippen LogP contribution in [0.1, 0.15) is 26.7 Å². The molecule has 0 bridgehead atoms. The standard InChI is InChI=1S/C26H35N5O8S/c1-20(2)27-25(32)30(18-22(19-38-4)39-26(33)28-21-12-6-5-7-13-21)17-11-10-16-29(3)40(36,37)24-15-9-8-14-23(24)31(34)35/h5-8,12-15,20,22H,10-11,16-19H2,1-4H3,(H-,27,28,32,33)/p+1/t22-/m1/s1. The van der Waals surface area contributed by atoms with Gasteiger partial charge in [0.1, 0.15) is 24.3 Å². The van der Waals surface area contributed by atoms with Crippen LogP contribution in [0.5, 0.6) is 0 Å². The minimum Gasteiger partial charge on any atom is -0.442 e. The maximum absolute atomic E-state index is 12.9. The Morgan fingerprint density at radius 2 is 1.82 bits per heavy atom. The monoisotopic (exact) mass is 578 g/mol. The van der Waals surface area contributed by atoms with Gasteiger partial charge < -0.3 is 19.7 Å². The van der Waals surface area contributed by atoms with Crippen molar-refractivity contribution in [3.63, 3.8) is 0 Å². The quantitative estimate of drug-likeness (QED) is 0.139. The molecule has 1 aromatic rings. The lowest BCUT2D eigenvalue weighted by molar-refractivity contribution is -0.419. The second-order valence-electron chi connectivity index (χ2n) is 9.21. The number of para-hydroxylation sites is 1. The Bertz CT molecular complexity index is 1210. The van der Waals surface area contributed by atoms with Crippen LogP contribution >= 0.6 is 0 Å². The summed E-state index contributed by atoms with van der Waals surface area (Å²) in [7, 11) is -1.34. The van der Waals surface area contributed by atoms with Gasteiger partial charge in [0.2, 0.25) is 0 Å². The second-order valence-corrected chi connectivity index (χ2v) is 11.2. The molecule has 1 atom stereocenters. The molecule has 218 valence electrons. The number of hydrogen-bond acceptors (Lipinski definition) is 8. The van der Waals surface area contributed by atoms with Crippen LogP contribution in [0, 0.1) is 16.2 Å². The Balaban J connectivity index is 2.02. The molecule has 0 fully saturated rings. The number of sulfonamides is 1. The summed E-state index contributed by atoms with van der Waals surface area (Å²) in [6.45, 7) is 4.00. The van der Waals surface area contributed by atoms with E-state index in [0.29, 0.717) is 18.5 Å². The Hall–Kier alpha value is -3.84. The number of unbranched alkanes of at least 4 members (excludes halogenated alkanes) is 1. The molecular weight excluding hydrogens is 542 g/mol. The van der Waals surface area contributed by atoms with Crippen molar-refractivity contribution in [2.75, 3.05) is 45.7 Å². The molecule has 0 saturated carbocycles. The predicted octanol–water partition coefficient (Wildman–Crippen LogP) is 3.13. The average Bonchev–Trinajstić information content (AvgIpc) is 2.90. The van der Waals surface area contributed by atoms with Gasteiger partial charge in [0, 0.05) is 45.1 Å². The van der Waals surface area contributed by atoms with Gasteiger partial charge in [-0.05, 0) is 38.8 Å². The highest BCUT2D eigenvalue weighted by atomic mass is 32.2. The molecule has 0 radical (unpaired) electrons. The third-order valence-electron chi connectivity index (χ3n) is 5.61. The van der Waals surface area contributed by atoms with Gasteiger partial charge in [0.25, 0.3) is 14.9 Å². The minimum absolute atomic E-state index is 0.0365. The number of urea groups is 1. The number of nitrogens with zero attached hydrogens (tertiary/aromatic N) is 3. The van der Waals surface area contributed by atoms with Gasteiger partial charge in [-0.1, -0.05) is 18.2 Å². The van der Waals surface area contributed by atoms with Crippen molar-refractivity contribution in [3.05, 3.63) is 75.4 Å². The Kier molecular flexibility index (Phi) is 12.7. The number of ether oxygens (including phenoxy) is 2. The number of carbonyl (C=O) groups excluding carboxylic acids is 2. The van der Waals surface area contributed by atoms with Crippen LogP contribution in [-0.4, -0.2) is 87.2 Å². The summed E-state index contributed by atoms with van der Waals surface area (Å²) >= 11 is 0. The molecule has 0 heterocycles. The molecule has 1 aliphatic rings. The fraction of sp³-hybridized carbons (Fsp3) is 0.462. The maximum atomic E-state index is 12.9. The smallest absolute Gasteiger partial charge is 0.412 e. The second kappa shape index (κ2) is 15.7. The van der Waals surface area contributed by atoms with Gasteiger partial charge in [0.15, 0.2) is 0 Å². The third-order valence-corrected chi connectivity index (χ3v) is 7.50. The van der Waals surface area contributed by atoms with Crippen LogP contribution in [-0.2, 0) is 19.5 Å². The molecule has 0 saturated heterocycles. The van der Waals surface area contributed by atoms with Crippen LogP contribution in [0.15, 0.2) is 59.2 Å². The van der Waals surface area contributed by atoms with Gasteiger partial charge in [0.05, 0.1) is 18.1 Å². The molecule has 0 spiro atoms. The SMILES string of the molecule is COC[C@@H](CN(CCCCN(C)S(=O)(=O)C1=C([N+](=O)[O-])C=C[C+]=C1)C(=O)NC(C)C)OC(=O)Nc1ccccc1. The number of allylic oxidation sites excluding steroid dienone is 4. The number of carbonyl (C=O) groups is 2. The van der Waals surface area contributed by atoms with E-state index in [1.165, 1.54) is 25.1 Å². The van der Waals surface area contributed by atoms with E-state index < -0.39 is 37.7 Å². The fourth-order valence-electron chi connectivity index (χ4n) is 3.68. The zero-order valence-corrected chi connectivity index (χ0v) is 23.8. The number of rotatable bonds is 15. The largest absolute Gasteiger partial charge is 0.442 e. The molecular formula is C26H36N5O8S+. The number of methoxy groups -OCH3 is 1. The van der Waals surface area contributed by atoms with Gasteiger partial charge in [-0.25, -0.2) is 9.59 Å². The molecule has 2 rings (SSSR count). The molecule has 0 aromatic heterocycles. The van der Waals surface area contributed by atoms with Crippen molar-refractivity contribution >= 4 is 27.8 Å². The van der Waals surface area contributed by atoms with Gasteiger partial charge >= 0.3 is 17.8 Å². The lowest BCUT2D eigenvalue weighted by atomic mass is 10.2. The summed E-state index contributed by atoms with van der Waals surface area (Å²) < 4.78 is 37.6. The Morgan fingerprint density at radius 1 is 1.15 bits per heavy atom. The first-order valence-electron chi connectivity index (χ1n) is 12.6. The van der Waals surface area contributed by atoms with Gasteiger partial charge in [-0.15, -0.1) is 0 Å². The highest BCUT2D eigenvalue weighted by Gasteiger charge is 2.38. The Labute approximate surface area is 234 Å². The predicted molar refractivity (Wildman–Crippen MR) is 149 cm³/mol. The van der Waals surface area contributed by atoms with E-state index in [1.54, 1.807) is 24.3 Å². The van der Waals surface area contributed by atoms with E-state index in [9.17, 15) is 28.1 Å². The van der Waals surface area contributed by atoms with E-state index in [2.05, 4.69) is 16.7 Å². The lowest BCUT2D eigenvalue weighted by Gasteiger charge is -2.28. The molecule has 13 nitrogen and oxygen atoms in total. The van der Waals surface area contributed by atoms with E-state index >= 15 is 0 Å². The maximum Gasteiger partial charge on any atom is 0.412 e. The third kappa shape index (κ3) is 10.0. The molecule has 2 N–H and O–H groups in total. The summed E-state index contributed by atoms with van der Waals surface area (Å²) in [6.07, 6.45) is 5.30. The van der Waals surface area contributed by atoms with Crippen molar-refractivity contribution in [1.82, 2.24) is 14.5 Å². The number of anilines is 1. The van der Waals surface area contributed by atoms with Crippen LogP contribution < -0.4 is 10.6 Å². The first kappa shape index (κ1) is 32.4. The van der Waals surface area contributed by atoms with E-state index in [4.69, 9.17) is 9.47 Å². The topological polar surface area (TPSA) is 160 Å². The number of benzene rings is 1. The molecule has 0 unspecified atom stereocenters. The molecule has 14 heteroatoms. The number of hydrogen-bond donors (Lipinski definition) is 2. The van der Waals surface area contributed by atoms with Crippen molar-refractivity contribution in [1.29, 1.82) is 0 Å². The zero-order valence-electron chi connectivity index (χ0n) is 23.0. The molecule has 1 aromatic carbocycles. The molecule has 40 heavy (non-hydrogen) atoms. The summed E-state index contributed by atoms with van der Waals surface area (Å²) in [5.74, 6) is 0.